The molecule has 1 aliphatic heterocycles. The van der Waals surface area contributed by atoms with Gasteiger partial charge in [0.2, 0.25) is 0 Å². The van der Waals surface area contributed by atoms with Gasteiger partial charge in [-0.2, -0.15) is 0 Å². The molecule has 1 aromatic carbocycles. The van der Waals surface area contributed by atoms with Gasteiger partial charge in [-0.15, -0.1) is 0 Å². The summed E-state index contributed by atoms with van der Waals surface area (Å²) >= 11 is 0. The quantitative estimate of drug-likeness (QED) is 0.713. The minimum atomic E-state index is -0.156. The van der Waals surface area contributed by atoms with Crippen molar-refractivity contribution in [2.24, 2.45) is 0 Å². The molecule has 0 amide bonds. The number of fused-ring (bicyclic) bond motifs is 4. The van der Waals surface area contributed by atoms with Crippen LogP contribution in [0.1, 0.15) is 37.8 Å². The van der Waals surface area contributed by atoms with Crippen molar-refractivity contribution in [2.45, 2.75) is 37.9 Å². The maximum atomic E-state index is 5.91. The summed E-state index contributed by atoms with van der Waals surface area (Å²) in [5.41, 5.74) is 2.35. The van der Waals surface area contributed by atoms with Crippen LogP contribution in [-0.4, -0.2) is 0 Å². The molecule has 0 aromatic heterocycles. The second-order valence-corrected chi connectivity index (χ2v) is 4.77. The van der Waals surface area contributed by atoms with Crippen LogP contribution in [-0.2, 0) is 20.2 Å². The molecule has 2 unspecified atom stereocenters. The minimum absolute atomic E-state index is 0.156. The van der Waals surface area contributed by atoms with E-state index in [2.05, 4.69) is 38.1 Å². The molecule has 1 aliphatic carbocycles. The fourth-order valence-corrected chi connectivity index (χ4v) is 4.26. The molecule has 1 heterocycles. The first-order chi connectivity index (χ1) is 7.31. The first kappa shape index (κ1) is 9.77. The molecule has 2 atom stereocenters. The minimum Gasteiger partial charge on any atom is -0.321 e. The number of rotatable bonds is 2. The molecule has 1 fully saturated rings. The monoisotopic (exact) mass is 222 g/mol. The molecule has 0 saturated carbocycles. The molecule has 0 spiro atoms. The lowest BCUT2D eigenvalue weighted by atomic mass is 9.58. The van der Waals surface area contributed by atoms with Crippen molar-refractivity contribution in [3.63, 3.8) is 0 Å². The highest BCUT2D eigenvalue weighted by Gasteiger charge is 2.67. The van der Waals surface area contributed by atoms with Crippen LogP contribution in [0.3, 0.4) is 0 Å². The Morgan fingerprint density at radius 1 is 1.00 bits per heavy atom. The molecule has 0 radical (unpaired) electrons. The van der Waals surface area contributed by atoms with E-state index in [1.165, 1.54) is 11.1 Å². The molecule has 3 heteroatoms. The Balaban J connectivity index is 2.22. The van der Waals surface area contributed by atoms with Crippen molar-refractivity contribution in [1.82, 2.24) is 0 Å². The third kappa shape index (κ3) is 0.875. The molecular weight excluding hydrogens is 207 g/mol. The summed E-state index contributed by atoms with van der Waals surface area (Å²) in [6, 6.07) is 8.51. The topological polar surface area (TPSA) is 18.5 Å². The van der Waals surface area contributed by atoms with Gasteiger partial charge in [-0.25, -0.2) is 0 Å². The fraction of sp³-hybridized carbons (Fsp3) is 0.500. The highest BCUT2D eigenvalue weighted by Crippen LogP contribution is 2.69. The summed E-state index contributed by atoms with van der Waals surface area (Å²) in [4.78, 5) is 0. The van der Waals surface area contributed by atoms with Gasteiger partial charge >= 0.3 is 0 Å². The van der Waals surface area contributed by atoms with E-state index in [0.717, 1.165) is 12.8 Å². The Kier molecular flexibility index (Phi) is 1.98. The zero-order valence-electron chi connectivity index (χ0n) is 9.04. The van der Waals surface area contributed by atoms with E-state index in [4.69, 9.17) is 9.05 Å². The summed E-state index contributed by atoms with van der Waals surface area (Å²) in [6.07, 6.45) is 1.98. The molecule has 0 N–H and O–H groups in total. The van der Waals surface area contributed by atoms with Crippen molar-refractivity contribution >= 4 is 9.03 Å². The van der Waals surface area contributed by atoms with Gasteiger partial charge in [0.15, 0.2) is 9.03 Å². The predicted octanol–water partition coefficient (Wildman–Crippen LogP) is 3.47. The Labute approximate surface area is 91.9 Å². The lowest BCUT2D eigenvalue weighted by Gasteiger charge is -2.52. The Bertz CT molecular complexity index is 369. The average Bonchev–Trinajstić information content (AvgIpc) is 2.61. The Morgan fingerprint density at radius 3 is 1.87 bits per heavy atom. The summed E-state index contributed by atoms with van der Waals surface area (Å²) in [6.45, 7) is 4.36. The van der Waals surface area contributed by atoms with E-state index >= 15 is 0 Å². The van der Waals surface area contributed by atoms with E-state index in [1.54, 1.807) is 0 Å². The van der Waals surface area contributed by atoms with Crippen molar-refractivity contribution in [3.8, 4) is 0 Å². The third-order valence-electron chi connectivity index (χ3n) is 3.88. The van der Waals surface area contributed by atoms with Gasteiger partial charge in [0.1, 0.15) is 11.2 Å². The zero-order chi connectivity index (χ0) is 10.5. The molecule has 2 aliphatic rings. The van der Waals surface area contributed by atoms with Gasteiger partial charge in [-0.3, -0.25) is 0 Å². The van der Waals surface area contributed by atoms with Crippen LogP contribution in [0.15, 0.2) is 24.3 Å². The lowest BCUT2D eigenvalue weighted by molar-refractivity contribution is -0.101. The number of benzene rings is 1. The van der Waals surface area contributed by atoms with Crippen LogP contribution in [0.5, 0.6) is 0 Å². The second kappa shape index (κ2) is 3.04. The van der Waals surface area contributed by atoms with E-state index < -0.39 is 0 Å². The van der Waals surface area contributed by atoms with Crippen LogP contribution >= 0.6 is 9.03 Å². The van der Waals surface area contributed by atoms with Gasteiger partial charge in [0.05, 0.1) is 0 Å². The van der Waals surface area contributed by atoms with Crippen LogP contribution in [0.4, 0.5) is 0 Å². The summed E-state index contributed by atoms with van der Waals surface area (Å²) in [7, 11) is 0.184. The van der Waals surface area contributed by atoms with Crippen LogP contribution in [0, 0.1) is 0 Å². The zero-order valence-corrected chi connectivity index (χ0v) is 10.0. The highest BCUT2D eigenvalue weighted by atomic mass is 31.1. The summed E-state index contributed by atoms with van der Waals surface area (Å²) < 4.78 is 11.8. The predicted molar refractivity (Wildman–Crippen MR) is 60.9 cm³/mol. The smallest absolute Gasteiger partial charge is 0.157 e. The molecule has 0 bridgehead atoms. The Morgan fingerprint density at radius 2 is 1.47 bits per heavy atom. The standard InChI is InChI=1S/C12H15O2P/c1-3-11-9-7-5-6-8-10(9)12(11,4-2)14-15-13-11/h5-8,15H,3-4H2,1-2H3. The molecule has 15 heavy (non-hydrogen) atoms. The lowest BCUT2D eigenvalue weighted by Crippen LogP contribution is -2.55. The molecule has 1 aromatic rings. The maximum absolute atomic E-state index is 5.91. The van der Waals surface area contributed by atoms with Crippen molar-refractivity contribution in [1.29, 1.82) is 0 Å². The second-order valence-electron chi connectivity index (χ2n) is 4.19. The van der Waals surface area contributed by atoms with Crippen LogP contribution in [0.2, 0.25) is 0 Å². The number of hydrogen-bond donors (Lipinski definition) is 0. The summed E-state index contributed by atoms with van der Waals surface area (Å²) in [5, 5.41) is 0. The van der Waals surface area contributed by atoms with Crippen LogP contribution < -0.4 is 0 Å². The van der Waals surface area contributed by atoms with Gasteiger partial charge in [0, 0.05) is 0 Å². The van der Waals surface area contributed by atoms with E-state index in [-0.39, 0.29) is 20.2 Å². The van der Waals surface area contributed by atoms with Gasteiger partial charge in [-0.1, -0.05) is 38.1 Å². The largest absolute Gasteiger partial charge is 0.321 e. The van der Waals surface area contributed by atoms with Crippen molar-refractivity contribution in [2.75, 3.05) is 0 Å². The molecular formula is C12H15O2P. The van der Waals surface area contributed by atoms with Gasteiger partial charge < -0.3 is 9.05 Å². The first-order valence-electron chi connectivity index (χ1n) is 5.52. The first-order valence-corrected chi connectivity index (χ1v) is 6.33. The average molecular weight is 222 g/mol. The molecule has 80 valence electrons. The third-order valence-corrected chi connectivity index (χ3v) is 4.74. The fourth-order valence-electron chi connectivity index (χ4n) is 3.09. The normalized spacial score (nSPS) is 38.5. The van der Waals surface area contributed by atoms with Gasteiger partial charge in [0.25, 0.3) is 0 Å². The van der Waals surface area contributed by atoms with Gasteiger partial charge in [-0.05, 0) is 24.0 Å². The SMILES string of the molecule is CCC12OPOC1(CC)c1ccccc12. The molecule has 1 saturated heterocycles. The highest BCUT2D eigenvalue weighted by molar-refractivity contribution is 7.26. The Hall–Kier alpha value is -0.430. The maximum Gasteiger partial charge on any atom is 0.157 e. The van der Waals surface area contributed by atoms with Crippen molar-refractivity contribution in [3.05, 3.63) is 35.4 Å². The molecule has 2 nitrogen and oxygen atoms in total. The van der Waals surface area contributed by atoms with E-state index in [1.807, 2.05) is 0 Å². The molecule has 3 rings (SSSR count). The summed E-state index contributed by atoms with van der Waals surface area (Å²) in [5.74, 6) is 0. The van der Waals surface area contributed by atoms with E-state index in [0.29, 0.717) is 0 Å². The van der Waals surface area contributed by atoms with Crippen molar-refractivity contribution < 1.29 is 9.05 Å². The number of hydrogen-bond acceptors (Lipinski definition) is 2. The van der Waals surface area contributed by atoms with E-state index in [9.17, 15) is 0 Å². The van der Waals surface area contributed by atoms with Crippen LogP contribution in [0.25, 0.3) is 0 Å².